The van der Waals surface area contributed by atoms with Crippen LogP contribution in [-0.4, -0.2) is 19.7 Å². The van der Waals surface area contributed by atoms with Gasteiger partial charge in [-0.1, -0.05) is 11.6 Å². The van der Waals surface area contributed by atoms with E-state index in [2.05, 4.69) is 0 Å². The molecule has 0 amide bonds. The fourth-order valence-corrected chi connectivity index (χ4v) is 2.20. The van der Waals surface area contributed by atoms with E-state index in [4.69, 9.17) is 22.1 Å². The Kier molecular flexibility index (Phi) is 5.39. The molecular weight excluding hydrogens is 293 g/mol. The van der Waals surface area contributed by atoms with Gasteiger partial charge in [0.25, 0.3) is 0 Å². The highest BCUT2D eigenvalue weighted by molar-refractivity contribution is 6.33. The summed E-state index contributed by atoms with van der Waals surface area (Å²) in [5.41, 5.74) is 4.58. The van der Waals surface area contributed by atoms with Crippen LogP contribution >= 0.6 is 11.6 Å². The maximum atomic E-state index is 13.4. The summed E-state index contributed by atoms with van der Waals surface area (Å²) in [6, 6.07) is 1.25. The lowest BCUT2D eigenvalue weighted by Crippen LogP contribution is -2.26. The number of hydrogen-bond donors (Lipinski definition) is 1. The fraction of sp³-hybridized carbons (Fsp3) is 0.538. The zero-order valence-corrected chi connectivity index (χ0v) is 12.4. The van der Waals surface area contributed by atoms with Crippen molar-refractivity contribution in [3.63, 3.8) is 0 Å². The minimum absolute atomic E-state index is 0.00912. The highest BCUT2D eigenvalue weighted by Gasteiger charge is 2.40. The van der Waals surface area contributed by atoms with Crippen molar-refractivity contribution in [1.82, 2.24) is 0 Å². The van der Waals surface area contributed by atoms with Crippen LogP contribution in [-0.2, 0) is 6.18 Å². The van der Waals surface area contributed by atoms with Crippen LogP contribution in [0.2, 0.25) is 5.02 Å². The van der Waals surface area contributed by atoms with Gasteiger partial charge in [-0.3, -0.25) is 0 Å². The summed E-state index contributed by atoms with van der Waals surface area (Å²) in [4.78, 5) is 1.57. The Bertz CT molecular complexity index is 474. The fourth-order valence-electron chi connectivity index (χ4n) is 2.01. The van der Waals surface area contributed by atoms with Crippen LogP contribution in [0, 0.1) is 0 Å². The van der Waals surface area contributed by atoms with Gasteiger partial charge in [0.1, 0.15) is 5.56 Å². The van der Waals surface area contributed by atoms with Gasteiger partial charge in [-0.25, -0.2) is 0 Å². The lowest BCUT2D eigenvalue weighted by Gasteiger charge is -2.27. The Morgan fingerprint density at radius 1 is 1.25 bits per heavy atom. The largest absolute Gasteiger partial charge is 0.491 e. The third kappa shape index (κ3) is 3.23. The second-order valence-corrected chi connectivity index (χ2v) is 4.51. The van der Waals surface area contributed by atoms with E-state index in [1.807, 2.05) is 0 Å². The molecule has 0 aromatic heterocycles. The molecule has 3 nitrogen and oxygen atoms in total. The maximum absolute atomic E-state index is 13.4. The summed E-state index contributed by atoms with van der Waals surface area (Å²) in [5.74, 6) is -0.394. The average molecular weight is 311 g/mol. The quantitative estimate of drug-likeness (QED) is 0.829. The van der Waals surface area contributed by atoms with E-state index in [-0.39, 0.29) is 23.0 Å². The average Bonchev–Trinajstić information content (AvgIpc) is 2.35. The van der Waals surface area contributed by atoms with Crippen molar-refractivity contribution in [3.05, 3.63) is 16.7 Å². The van der Waals surface area contributed by atoms with Crippen molar-refractivity contribution in [2.24, 2.45) is 0 Å². The number of benzene rings is 1. The minimum Gasteiger partial charge on any atom is -0.491 e. The van der Waals surface area contributed by atoms with Crippen LogP contribution in [0.3, 0.4) is 0 Å². The second kappa shape index (κ2) is 6.43. The molecule has 0 saturated carbocycles. The van der Waals surface area contributed by atoms with Crippen LogP contribution in [0.1, 0.15) is 26.3 Å². The van der Waals surface area contributed by atoms with Gasteiger partial charge in [-0.15, -0.1) is 0 Å². The smallest absolute Gasteiger partial charge is 0.422 e. The van der Waals surface area contributed by atoms with Crippen LogP contribution in [0.5, 0.6) is 5.75 Å². The summed E-state index contributed by atoms with van der Waals surface area (Å²) >= 11 is 5.94. The summed E-state index contributed by atoms with van der Waals surface area (Å²) in [6.07, 6.45) is -4.57. The number of halogens is 4. The van der Waals surface area contributed by atoms with Crippen LogP contribution in [0.25, 0.3) is 0 Å². The number of hydrogen-bond acceptors (Lipinski definition) is 3. The third-order valence-electron chi connectivity index (χ3n) is 2.92. The first-order chi connectivity index (χ1) is 9.27. The zero-order chi connectivity index (χ0) is 15.5. The van der Waals surface area contributed by atoms with E-state index < -0.39 is 17.5 Å². The summed E-state index contributed by atoms with van der Waals surface area (Å²) in [5, 5.41) is 0.0587. The summed E-state index contributed by atoms with van der Waals surface area (Å²) in [7, 11) is 0. The molecule has 0 fully saturated rings. The highest BCUT2D eigenvalue weighted by Crippen LogP contribution is 2.48. The number of anilines is 2. The lowest BCUT2D eigenvalue weighted by atomic mass is 10.1. The van der Waals surface area contributed by atoms with E-state index in [1.54, 1.807) is 25.7 Å². The van der Waals surface area contributed by atoms with E-state index in [1.165, 1.54) is 6.07 Å². The topological polar surface area (TPSA) is 38.5 Å². The molecule has 0 atom stereocenters. The van der Waals surface area contributed by atoms with E-state index in [9.17, 15) is 13.2 Å². The monoisotopic (exact) mass is 310 g/mol. The first-order valence-electron chi connectivity index (χ1n) is 6.34. The standard InChI is InChI=1S/C13H18ClF3N2O/c1-4-19(5-2)9-7-8(14)11(18)12(20-6-3)10(9)13(15,16)17/h7H,4-6,18H2,1-3H3. The zero-order valence-electron chi connectivity index (χ0n) is 11.6. The first kappa shape index (κ1) is 16.8. The van der Waals surface area contributed by atoms with Crippen molar-refractivity contribution in [3.8, 4) is 5.75 Å². The molecule has 0 unspecified atom stereocenters. The van der Waals surface area contributed by atoms with Gasteiger partial charge in [-0.05, 0) is 26.8 Å². The van der Waals surface area contributed by atoms with E-state index in [0.29, 0.717) is 13.1 Å². The highest BCUT2D eigenvalue weighted by atomic mass is 35.5. The predicted molar refractivity (Wildman–Crippen MR) is 75.6 cm³/mol. The molecule has 0 aliphatic rings. The molecule has 0 bridgehead atoms. The molecule has 0 aliphatic heterocycles. The van der Waals surface area contributed by atoms with Gasteiger partial charge in [-0.2, -0.15) is 13.2 Å². The Hall–Kier alpha value is -1.30. The van der Waals surface area contributed by atoms with Crippen LogP contribution in [0.4, 0.5) is 24.5 Å². The molecule has 1 aromatic rings. The van der Waals surface area contributed by atoms with E-state index >= 15 is 0 Å². The molecule has 0 saturated heterocycles. The van der Waals surface area contributed by atoms with Crippen molar-refractivity contribution in [2.45, 2.75) is 26.9 Å². The molecule has 0 aliphatic carbocycles. The number of rotatable bonds is 5. The second-order valence-electron chi connectivity index (χ2n) is 4.10. The molecular formula is C13H18ClF3N2O. The maximum Gasteiger partial charge on any atom is 0.422 e. The Morgan fingerprint density at radius 3 is 2.20 bits per heavy atom. The molecule has 20 heavy (non-hydrogen) atoms. The number of nitrogens with zero attached hydrogens (tertiary/aromatic N) is 1. The van der Waals surface area contributed by atoms with E-state index in [0.717, 1.165) is 0 Å². The molecule has 0 radical (unpaired) electrons. The summed E-state index contributed by atoms with van der Waals surface area (Å²) < 4.78 is 45.2. The van der Waals surface area contributed by atoms with Crippen LogP contribution < -0.4 is 15.4 Å². The molecule has 2 N–H and O–H groups in total. The molecule has 0 spiro atoms. The molecule has 7 heteroatoms. The Balaban J connectivity index is 3.65. The van der Waals surface area contributed by atoms with Gasteiger partial charge < -0.3 is 15.4 Å². The molecule has 114 valence electrons. The normalized spacial score (nSPS) is 11.6. The third-order valence-corrected chi connectivity index (χ3v) is 3.24. The van der Waals surface area contributed by atoms with Gasteiger partial charge in [0.05, 0.1) is 23.0 Å². The minimum atomic E-state index is -4.57. The number of nitrogen functional groups attached to an aromatic ring is 1. The molecule has 1 rings (SSSR count). The van der Waals surface area contributed by atoms with Crippen molar-refractivity contribution < 1.29 is 17.9 Å². The number of ether oxygens (including phenoxy) is 1. The molecule has 0 heterocycles. The van der Waals surface area contributed by atoms with Crippen LogP contribution in [0.15, 0.2) is 6.07 Å². The number of nitrogens with two attached hydrogens (primary N) is 1. The Labute approximate surface area is 121 Å². The lowest BCUT2D eigenvalue weighted by molar-refractivity contribution is -0.138. The SMILES string of the molecule is CCOc1c(N)c(Cl)cc(N(CC)CC)c1C(F)(F)F. The van der Waals surface area contributed by atoms with Gasteiger partial charge in [0.2, 0.25) is 0 Å². The predicted octanol–water partition coefficient (Wildman–Crippen LogP) is 4.19. The van der Waals surface area contributed by atoms with Crippen molar-refractivity contribution >= 4 is 23.0 Å². The summed E-state index contributed by atoms with van der Waals surface area (Å²) in [6.45, 7) is 6.06. The van der Waals surface area contributed by atoms with Crippen molar-refractivity contribution in [2.75, 3.05) is 30.3 Å². The first-order valence-corrected chi connectivity index (χ1v) is 6.72. The van der Waals surface area contributed by atoms with Gasteiger partial charge >= 0.3 is 6.18 Å². The van der Waals surface area contributed by atoms with Crippen molar-refractivity contribution in [1.29, 1.82) is 0 Å². The number of alkyl halides is 3. The van der Waals surface area contributed by atoms with Gasteiger partial charge in [0.15, 0.2) is 5.75 Å². The molecule has 1 aromatic carbocycles. The Morgan fingerprint density at radius 2 is 1.80 bits per heavy atom. The van der Waals surface area contributed by atoms with Gasteiger partial charge in [0, 0.05) is 13.1 Å².